The second kappa shape index (κ2) is 26.7. The smallest absolute Gasteiger partial charge is 0.335 e. The Kier molecular flexibility index (Phi) is 30.7. The largest absolute Gasteiger partial charge is 0.478 e. The summed E-state index contributed by atoms with van der Waals surface area (Å²) in [6.07, 6.45) is 8.08. The number of carbonyl (C=O) groups excluding carboxylic acids is 4. The molecule has 0 fully saturated rings. The molecule has 0 heterocycles. The first-order valence-corrected chi connectivity index (χ1v) is 13.2. The van der Waals surface area contributed by atoms with Crippen molar-refractivity contribution < 1.29 is 52.0 Å². The zero-order valence-electron chi connectivity index (χ0n) is 24.2. The lowest BCUT2D eigenvalue weighted by atomic mass is 10.1. The van der Waals surface area contributed by atoms with E-state index in [1.54, 1.807) is 0 Å². The molecule has 0 aromatic rings. The number of aliphatic carboxylic acids is 2. The van der Waals surface area contributed by atoms with E-state index < -0.39 is 45.2 Å². The summed E-state index contributed by atoms with van der Waals surface area (Å²) >= 11 is 0. The van der Waals surface area contributed by atoms with E-state index in [2.05, 4.69) is 24.2 Å². The maximum Gasteiger partial charge on any atom is 0.335 e. The van der Waals surface area contributed by atoms with Gasteiger partial charge in [0.05, 0.1) is 16.9 Å². The zero-order chi connectivity index (χ0) is 33.1. The van der Waals surface area contributed by atoms with Crippen LogP contribution in [-0.2, 0) is 38.9 Å². The van der Waals surface area contributed by atoms with Gasteiger partial charge in [-0.05, 0) is 66.2 Å². The Morgan fingerprint density at radius 2 is 1.30 bits per heavy atom. The van der Waals surface area contributed by atoms with E-state index in [0.717, 1.165) is 37.1 Å². The number of unbranched alkanes of at least 4 members (excludes halogenated alkanes) is 2. The Labute approximate surface area is 236 Å². The van der Waals surface area contributed by atoms with E-state index in [1.165, 1.54) is 47.6 Å². The highest BCUT2D eigenvalue weighted by Crippen LogP contribution is 2.05. The van der Waals surface area contributed by atoms with Crippen LogP contribution in [0.1, 0.15) is 67.7 Å². The lowest BCUT2D eigenvalue weighted by molar-refractivity contribution is -0.132. The standard InChI is InChI=1S/C10H14O4.C7H13NO4S.C3H5NO.2C3H6O/c1-2-3-4-5-8(10(13)14)6-7-9(11)12;1-4-6(9)8-7(2,3)5-13(10,11)12;1-2-3(4)5;2*1-3(2)4/h5-7H,2-4H2,1H3,(H,11,12)(H,13,14);4H,1,5H2,2-3H3,(H,8,9)(H,10,11,12);2H,1H2,(H2,4,5);2*1-2H3. The molecule has 0 atom stereocenters. The fourth-order valence-corrected chi connectivity index (χ4v) is 2.71. The molecule has 0 aromatic heterocycles. The number of amides is 2. The molecule has 0 aliphatic heterocycles. The van der Waals surface area contributed by atoms with Crippen LogP contribution in [0, 0.1) is 0 Å². The summed E-state index contributed by atoms with van der Waals surface area (Å²) < 4.78 is 29.5. The topological polar surface area (TPSA) is 235 Å². The Balaban J connectivity index is -0.000000143. The summed E-state index contributed by atoms with van der Waals surface area (Å²) in [5.74, 6) is -3.40. The number of allylic oxidation sites excluding steroid dienone is 1. The molecule has 6 N–H and O–H groups in total. The number of carboxylic acids is 2. The van der Waals surface area contributed by atoms with Crippen molar-refractivity contribution in [2.45, 2.75) is 73.3 Å². The van der Waals surface area contributed by atoms with Gasteiger partial charge in [0.2, 0.25) is 11.8 Å². The Bertz CT molecular complexity index is 990. The molecule has 0 rings (SSSR count). The van der Waals surface area contributed by atoms with Crippen molar-refractivity contribution in [3.8, 4) is 0 Å². The molecule has 0 aromatic carbocycles. The Hall–Kier alpha value is -3.91. The molecule has 13 nitrogen and oxygen atoms in total. The normalized spacial score (nSPS) is 10.2. The fraction of sp³-hybridized carbons (Fsp3) is 0.462. The third-order valence-corrected chi connectivity index (χ3v) is 4.05. The van der Waals surface area contributed by atoms with Crippen LogP contribution in [0.4, 0.5) is 0 Å². The van der Waals surface area contributed by atoms with Crippen molar-refractivity contribution in [3.05, 3.63) is 49.1 Å². The van der Waals surface area contributed by atoms with Gasteiger partial charge in [0.25, 0.3) is 10.1 Å². The van der Waals surface area contributed by atoms with Crippen LogP contribution in [0.2, 0.25) is 0 Å². The van der Waals surface area contributed by atoms with Crippen LogP contribution in [0.3, 0.4) is 0 Å². The average Bonchev–Trinajstić information content (AvgIpc) is 2.73. The highest BCUT2D eigenvalue weighted by molar-refractivity contribution is 7.85. The highest BCUT2D eigenvalue weighted by atomic mass is 32.2. The number of primary amides is 1. The predicted octanol–water partition coefficient (Wildman–Crippen LogP) is 2.63. The maximum absolute atomic E-state index is 10.8. The highest BCUT2D eigenvalue weighted by Gasteiger charge is 2.25. The van der Waals surface area contributed by atoms with Gasteiger partial charge in [0, 0.05) is 6.08 Å². The molecule has 0 saturated carbocycles. The van der Waals surface area contributed by atoms with Crippen molar-refractivity contribution in [3.63, 3.8) is 0 Å². The second-order valence-electron chi connectivity index (χ2n) is 8.50. The molecular formula is C26H44N2O11S. The van der Waals surface area contributed by atoms with Crippen molar-refractivity contribution in [2.24, 2.45) is 5.73 Å². The molecule has 0 aliphatic rings. The Morgan fingerprint density at radius 1 is 0.900 bits per heavy atom. The van der Waals surface area contributed by atoms with Gasteiger partial charge in [-0.1, -0.05) is 39.0 Å². The van der Waals surface area contributed by atoms with Crippen molar-refractivity contribution in [2.75, 3.05) is 5.75 Å². The third-order valence-electron chi connectivity index (χ3n) is 2.97. The number of nitrogens with two attached hydrogens (primary N) is 1. The van der Waals surface area contributed by atoms with E-state index in [-0.39, 0.29) is 17.1 Å². The lowest BCUT2D eigenvalue weighted by Gasteiger charge is -2.23. The molecule has 40 heavy (non-hydrogen) atoms. The maximum atomic E-state index is 10.8. The molecule has 230 valence electrons. The van der Waals surface area contributed by atoms with Gasteiger partial charge in [-0.25, -0.2) is 9.59 Å². The van der Waals surface area contributed by atoms with E-state index >= 15 is 0 Å². The minimum atomic E-state index is -4.08. The van der Waals surface area contributed by atoms with Crippen LogP contribution in [0.25, 0.3) is 0 Å². The van der Waals surface area contributed by atoms with Gasteiger partial charge in [-0.3, -0.25) is 14.1 Å². The minimum absolute atomic E-state index is 0.0286. The quantitative estimate of drug-likeness (QED) is 0.101. The zero-order valence-corrected chi connectivity index (χ0v) is 25.0. The van der Waals surface area contributed by atoms with Crippen LogP contribution in [-0.4, -0.2) is 69.8 Å². The van der Waals surface area contributed by atoms with Crippen molar-refractivity contribution in [1.29, 1.82) is 0 Å². The number of hydrogen-bond acceptors (Lipinski definition) is 8. The number of ketones is 2. The van der Waals surface area contributed by atoms with Crippen molar-refractivity contribution in [1.82, 2.24) is 5.32 Å². The van der Waals surface area contributed by atoms with Crippen LogP contribution < -0.4 is 11.1 Å². The summed E-state index contributed by atoms with van der Waals surface area (Å²) in [7, 11) is -4.08. The molecular weight excluding hydrogens is 548 g/mol. The molecule has 0 aliphatic carbocycles. The molecule has 0 spiro atoms. The molecule has 2 amide bonds. The molecule has 14 heteroatoms. The number of carboxylic acid groups (broad SMARTS) is 2. The van der Waals surface area contributed by atoms with E-state index in [4.69, 9.17) is 14.8 Å². The van der Waals surface area contributed by atoms with Crippen LogP contribution in [0.5, 0.6) is 0 Å². The number of rotatable bonds is 11. The number of nitrogens with one attached hydrogen (secondary N) is 1. The molecule has 0 radical (unpaired) electrons. The number of hydrogen-bond donors (Lipinski definition) is 5. The van der Waals surface area contributed by atoms with Gasteiger partial charge in [-0.2, -0.15) is 8.42 Å². The van der Waals surface area contributed by atoms with Crippen LogP contribution in [0.15, 0.2) is 49.1 Å². The first kappa shape index (κ1) is 46.0. The fourth-order valence-electron chi connectivity index (χ4n) is 1.73. The number of carbonyl (C=O) groups is 6. The average molecular weight is 593 g/mol. The molecule has 0 bridgehead atoms. The third kappa shape index (κ3) is 59.3. The van der Waals surface area contributed by atoms with E-state index in [9.17, 15) is 37.2 Å². The first-order valence-electron chi connectivity index (χ1n) is 11.6. The van der Waals surface area contributed by atoms with Gasteiger partial charge in [0.1, 0.15) is 11.6 Å². The number of Topliss-reactive ketones (excluding diaryl/α,β-unsaturated/α-hetero) is 2. The molecule has 0 unspecified atom stereocenters. The van der Waals surface area contributed by atoms with E-state index in [0.29, 0.717) is 6.42 Å². The summed E-state index contributed by atoms with van der Waals surface area (Å²) in [6.45, 7) is 17.4. The monoisotopic (exact) mass is 592 g/mol. The Morgan fingerprint density at radius 3 is 1.55 bits per heavy atom. The first-order chi connectivity index (χ1) is 18.0. The summed E-state index contributed by atoms with van der Waals surface area (Å²) in [6, 6.07) is 0. The van der Waals surface area contributed by atoms with Gasteiger partial charge in [0.15, 0.2) is 0 Å². The molecule has 0 saturated heterocycles. The van der Waals surface area contributed by atoms with Crippen molar-refractivity contribution >= 4 is 45.4 Å². The second-order valence-corrected chi connectivity index (χ2v) is 9.96. The lowest BCUT2D eigenvalue weighted by Crippen LogP contribution is -2.47. The summed E-state index contributed by atoms with van der Waals surface area (Å²) in [5.41, 5.74) is 3.56. The summed E-state index contributed by atoms with van der Waals surface area (Å²) in [4.78, 5) is 59.9. The predicted molar refractivity (Wildman–Crippen MR) is 153 cm³/mol. The van der Waals surface area contributed by atoms with Gasteiger partial charge < -0.3 is 30.9 Å². The van der Waals surface area contributed by atoms with E-state index in [1.807, 2.05) is 6.92 Å². The minimum Gasteiger partial charge on any atom is -0.478 e. The van der Waals surface area contributed by atoms with Gasteiger partial charge in [-0.15, -0.1) is 0 Å². The van der Waals surface area contributed by atoms with Crippen LogP contribution >= 0.6 is 0 Å². The summed E-state index contributed by atoms with van der Waals surface area (Å²) in [5, 5.41) is 19.3. The SMILES string of the molecule is C=CC(=O)NC(C)(C)CS(=O)(=O)O.C=CC(N)=O.CC(C)=O.CC(C)=O.CCCCC=C(C=CC(=O)O)C(=O)O. The van der Waals surface area contributed by atoms with Gasteiger partial charge >= 0.3 is 11.9 Å².